The van der Waals surface area contributed by atoms with Crippen molar-refractivity contribution < 1.29 is 19.5 Å². The number of hydrogen-bond donors (Lipinski definition) is 4. The number of nitrogens with one attached hydrogen (secondary N) is 3. The number of halogens is 1. The summed E-state index contributed by atoms with van der Waals surface area (Å²) < 4.78 is 0. The van der Waals surface area contributed by atoms with Crippen LogP contribution in [-0.4, -0.2) is 40.5 Å². The van der Waals surface area contributed by atoms with Crippen LogP contribution in [-0.2, 0) is 28.9 Å². The maximum Gasteiger partial charge on any atom is 0.326 e. The van der Waals surface area contributed by atoms with Crippen molar-refractivity contribution in [2.24, 2.45) is 0 Å². The summed E-state index contributed by atoms with van der Waals surface area (Å²) in [5.41, 5.74) is 3.73. The molecule has 0 aliphatic heterocycles. The molecule has 2 amide bonds. The Kier molecular flexibility index (Phi) is 9.32. The molecule has 4 N–H and O–H groups in total. The van der Waals surface area contributed by atoms with Crippen molar-refractivity contribution in [1.29, 1.82) is 0 Å². The van der Waals surface area contributed by atoms with E-state index in [1.807, 2.05) is 24.3 Å². The van der Waals surface area contributed by atoms with Gasteiger partial charge in [0.1, 0.15) is 11.9 Å². The van der Waals surface area contributed by atoms with E-state index in [0.29, 0.717) is 35.7 Å². The first kappa shape index (κ1) is 27.1. The number of amides is 2. The summed E-state index contributed by atoms with van der Waals surface area (Å²) in [7, 11) is 0. The molecule has 0 spiro atoms. The van der Waals surface area contributed by atoms with Crippen LogP contribution in [0.15, 0.2) is 60.8 Å². The highest BCUT2D eigenvalue weighted by atomic mass is 35.5. The van der Waals surface area contributed by atoms with Crippen LogP contribution in [0.5, 0.6) is 0 Å². The Labute approximate surface area is 226 Å². The van der Waals surface area contributed by atoms with E-state index in [4.69, 9.17) is 11.6 Å². The Hall–Kier alpha value is -3.91. The van der Waals surface area contributed by atoms with Crippen LogP contribution in [0, 0.1) is 0 Å². The molecule has 0 unspecified atom stereocenters. The van der Waals surface area contributed by atoms with E-state index in [2.05, 4.69) is 20.9 Å². The summed E-state index contributed by atoms with van der Waals surface area (Å²) in [5.74, 6) is -0.941. The standard InChI is InChI=1S/C29H31ClN4O4/c30-23-15-12-20-6-1-2-7-22(20)27(23)28(36)34-24(29(37)38)18-19-10-13-21(14-11-19)33-26(35)9-5-17-32-25-8-3-4-16-31-25/h3-4,8,10-16,24H,1-2,5-7,9,17-18H2,(H,31,32)(H,33,35)(H,34,36)(H,37,38)/t24-/m0/s1. The number of anilines is 2. The Bertz CT molecular complexity index is 1280. The molecule has 9 heteroatoms. The number of nitrogens with zero attached hydrogens (tertiary/aromatic N) is 1. The molecule has 1 heterocycles. The molecule has 0 radical (unpaired) electrons. The highest BCUT2D eigenvalue weighted by Crippen LogP contribution is 2.30. The van der Waals surface area contributed by atoms with Gasteiger partial charge < -0.3 is 21.1 Å². The number of pyridine rings is 1. The number of carboxylic acids is 1. The lowest BCUT2D eigenvalue weighted by Crippen LogP contribution is -2.42. The fourth-order valence-corrected chi connectivity index (χ4v) is 4.85. The van der Waals surface area contributed by atoms with Gasteiger partial charge in [0.15, 0.2) is 0 Å². The number of hydrogen-bond acceptors (Lipinski definition) is 5. The molecule has 1 atom stereocenters. The molecule has 198 valence electrons. The first-order valence-corrected chi connectivity index (χ1v) is 13.2. The highest BCUT2D eigenvalue weighted by molar-refractivity contribution is 6.34. The van der Waals surface area contributed by atoms with E-state index in [9.17, 15) is 19.5 Å². The van der Waals surface area contributed by atoms with Crippen LogP contribution >= 0.6 is 11.6 Å². The zero-order chi connectivity index (χ0) is 26.9. The van der Waals surface area contributed by atoms with Gasteiger partial charge in [0.2, 0.25) is 5.91 Å². The summed E-state index contributed by atoms with van der Waals surface area (Å²) in [5, 5.41) is 18.8. The fraction of sp³-hybridized carbons (Fsp3) is 0.310. The summed E-state index contributed by atoms with van der Waals surface area (Å²) in [4.78, 5) is 41.5. The molecule has 1 aliphatic carbocycles. The lowest BCUT2D eigenvalue weighted by Gasteiger charge is -2.21. The zero-order valence-electron chi connectivity index (χ0n) is 21.0. The van der Waals surface area contributed by atoms with Gasteiger partial charge in [0, 0.05) is 31.3 Å². The molecule has 0 saturated carbocycles. The van der Waals surface area contributed by atoms with Gasteiger partial charge in [-0.1, -0.05) is 35.9 Å². The molecule has 1 aromatic heterocycles. The maximum absolute atomic E-state index is 13.1. The number of carbonyl (C=O) groups is 3. The number of aliphatic carboxylic acids is 1. The van der Waals surface area contributed by atoms with Crippen molar-refractivity contribution in [3.8, 4) is 0 Å². The van der Waals surface area contributed by atoms with Crippen molar-refractivity contribution >= 4 is 40.9 Å². The van der Waals surface area contributed by atoms with E-state index >= 15 is 0 Å². The predicted molar refractivity (Wildman–Crippen MR) is 148 cm³/mol. The number of carboxylic acid groups (broad SMARTS) is 1. The second kappa shape index (κ2) is 13.1. The number of carbonyl (C=O) groups excluding carboxylic acids is 2. The molecule has 0 bridgehead atoms. The molecule has 8 nitrogen and oxygen atoms in total. The first-order valence-electron chi connectivity index (χ1n) is 12.8. The minimum Gasteiger partial charge on any atom is -0.480 e. The molecule has 0 fully saturated rings. The van der Waals surface area contributed by atoms with Crippen LogP contribution in [0.1, 0.15) is 52.7 Å². The number of aromatic nitrogens is 1. The van der Waals surface area contributed by atoms with Crippen LogP contribution < -0.4 is 16.0 Å². The quantitative estimate of drug-likeness (QED) is 0.260. The van der Waals surface area contributed by atoms with Gasteiger partial charge in [-0.15, -0.1) is 0 Å². The Balaban J connectivity index is 1.30. The molecule has 3 aromatic rings. The zero-order valence-corrected chi connectivity index (χ0v) is 21.8. The second-order valence-corrected chi connectivity index (χ2v) is 9.73. The van der Waals surface area contributed by atoms with Crippen molar-refractivity contribution in [2.45, 2.75) is 51.0 Å². The molecule has 1 aliphatic rings. The van der Waals surface area contributed by atoms with Gasteiger partial charge in [-0.3, -0.25) is 9.59 Å². The fourth-order valence-electron chi connectivity index (χ4n) is 4.59. The van der Waals surface area contributed by atoms with Crippen molar-refractivity contribution in [3.63, 3.8) is 0 Å². The van der Waals surface area contributed by atoms with Crippen molar-refractivity contribution in [2.75, 3.05) is 17.2 Å². The molecule has 4 rings (SSSR count). The van der Waals surface area contributed by atoms with Gasteiger partial charge in [-0.2, -0.15) is 0 Å². The average molecular weight is 535 g/mol. The van der Waals surface area contributed by atoms with E-state index < -0.39 is 17.9 Å². The van der Waals surface area contributed by atoms with Gasteiger partial charge >= 0.3 is 5.97 Å². The SMILES string of the molecule is O=C(CCCNc1ccccn1)Nc1ccc(C[C@H](NC(=O)c2c(Cl)ccc3c2CCCC3)C(=O)O)cc1. The van der Waals surface area contributed by atoms with Gasteiger partial charge in [-0.05, 0) is 79.1 Å². The summed E-state index contributed by atoms with van der Waals surface area (Å²) in [6, 6.07) is 15.1. The van der Waals surface area contributed by atoms with Gasteiger partial charge in [0.05, 0.1) is 10.6 Å². The Morgan fingerprint density at radius 3 is 2.53 bits per heavy atom. The molecule has 2 aromatic carbocycles. The Morgan fingerprint density at radius 1 is 1.00 bits per heavy atom. The lowest BCUT2D eigenvalue weighted by molar-refractivity contribution is -0.139. The molecular formula is C29H31ClN4O4. The Morgan fingerprint density at radius 2 is 1.79 bits per heavy atom. The number of fused-ring (bicyclic) bond motifs is 1. The number of aryl methyl sites for hydroxylation is 1. The monoisotopic (exact) mass is 534 g/mol. The normalized spacial score (nSPS) is 13.2. The average Bonchev–Trinajstić information content (AvgIpc) is 2.92. The van der Waals surface area contributed by atoms with E-state index in [1.54, 1.807) is 36.5 Å². The third kappa shape index (κ3) is 7.32. The number of benzene rings is 2. The van der Waals surface area contributed by atoms with Gasteiger partial charge in [0.25, 0.3) is 5.91 Å². The third-order valence-electron chi connectivity index (χ3n) is 6.54. The first-order chi connectivity index (χ1) is 18.4. The lowest BCUT2D eigenvalue weighted by atomic mass is 9.88. The van der Waals surface area contributed by atoms with E-state index in [-0.39, 0.29) is 12.3 Å². The predicted octanol–water partition coefficient (Wildman–Crippen LogP) is 4.87. The summed E-state index contributed by atoms with van der Waals surface area (Å²) in [6.07, 6.45) is 6.48. The second-order valence-electron chi connectivity index (χ2n) is 9.33. The largest absolute Gasteiger partial charge is 0.480 e. The smallest absolute Gasteiger partial charge is 0.326 e. The van der Waals surface area contributed by atoms with Crippen LogP contribution in [0.4, 0.5) is 11.5 Å². The number of rotatable bonds is 11. The molecule has 38 heavy (non-hydrogen) atoms. The van der Waals surface area contributed by atoms with Crippen molar-refractivity contribution in [1.82, 2.24) is 10.3 Å². The van der Waals surface area contributed by atoms with Crippen LogP contribution in [0.3, 0.4) is 0 Å². The minimum absolute atomic E-state index is 0.0983. The van der Waals surface area contributed by atoms with E-state index in [0.717, 1.165) is 48.2 Å². The minimum atomic E-state index is -1.13. The van der Waals surface area contributed by atoms with Crippen LogP contribution in [0.25, 0.3) is 0 Å². The maximum atomic E-state index is 13.1. The third-order valence-corrected chi connectivity index (χ3v) is 6.86. The topological polar surface area (TPSA) is 120 Å². The van der Waals surface area contributed by atoms with E-state index in [1.165, 1.54) is 0 Å². The van der Waals surface area contributed by atoms with Crippen molar-refractivity contribution in [3.05, 3.63) is 88.1 Å². The van der Waals surface area contributed by atoms with Gasteiger partial charge in [-0.25, -0.2) is 9.78 Å². The van der Waals surface area contributed by atoms with Crippen LogP contribution in [0.2, 0.25) is 5.02 Å². The molecular weight excluding hydrogens is 504 g/mol. The summed E-state index contributed by atoms with van der Waals surface area (Å²) >= 11 is 6.36. The molecule has 0 saturated heterocycles. The summed E-state index contributed by atoms with van der Waals surface area (Å²) in [6.45, 7) is 0.628. The highest BCUT2D eigenvalue weighted by Gasteiger charge is 2.26.